The van der Waals surface area contributed by atoms with E-state index < -0.39 is 11.9 Å². The van der Waals surface area contributed by atoms with E-state index in [0.717, 1.165) is 6.20 Å². The lowest BCUT2D eigenvalue weighted by Gasteiger charge is -2.03. The Balaban J connectivity index is 2.56. The minimum atomic E-state index is -1.12. The molecule has 0 fully saturated rings. The Morgan fingerprint density at radius 2 is 1.94 bits per heavy atom. The van der Waals surface area contributed by atoms with E-state index in [9.17, 15) is 9.18 Å². The lowest BCUT2D eigenvalue weighted by molar-refractivity contribution is 0.0696. The molecule has 0 unspecified atom stereocenters. The SMILES string of the molecule is O=C(O)c1cnc(F)c(-c2ccccc2)c1. The fourth-order valence-corrected chi connectivity index (χ4v) is 1.39. The van der Waals surface area contributed by atoms with E-state index in [-0.39, 0.29) is 11.1 Å². The third kappa shape index (κ3) is 1.91. The van der Waals surface area contributed by atoms with Crippen LogP contribution in [0.5, 0.6) is 0 Å². The molecule has 16 heavy (non-hydrogen) atoms. The predicted octanol–water partition coefficient (Wildman–Crippen LogP) is 2.59. The summed E-state index contributed by atoms with van der Waals surface area (Å²) in [5.41, 5.74) is 0.774. The molecular formula is C12H8FNO2. The third-order valence-electron chi connectivity index (χ3n) is 2.17. The monoisotopic (exact) mass is 217 g/mol. The van der Waals surface area contributed by atoms with E-state index in [1.54, 1.807) is 30.3 Å². The lowest BCUT2D eigenvalue weighted by Crippen LogP contribution is -2.00. The van der Waals surface area contributed by atoms with E-state index in [1.165, 1.54) is 6.07 Å². The van der Waals surface area contributed by atoms with E-state index in [1.807, 2.05) is 0 Å². The van der Waals surface area contributed by atoms with Crippen molar-refractivity contribution in [2.45, 2.75) is 0 Å². The fraction of sp³-hybridized carbons (Fsp3) is 0. The van der Waals surface area contributed by atoms with Crippen molar-refractivity contribution in [1.29, 1.82) is 0 Å². The van der Waals surface area contributed by atoms with E-state index >= 15 is 0 Å². The van der Waals surface area contributed by atoms with Gasteiger partial charge in [-0.05, 0) is 11.6 Å². The van der Waals surface area contributed by atoms with Gasteiger partial charge in [0, 0.05) is 11.8 Å². The maximum Gasteiger partial charge on any atom is 0.337 e. The largest absolute Gasteiger partial charge is 0.478 e. The Kier molecular flexibility index (Phi) is 2.64. The van der Waals surface area contributed by atoms with Crippen LogP contribution >= 0.6 is 0 Å². The van der Waals surface area contributed by atoms with Crippen molar-refractivity contribution < 1.29 is 14.3 Å². The summed E-state index contributed by atoms with van der Waals surface area (Å²) in [5, 5.41) is 8.78. The molecule has 0 radical (unpaired) electrons. The van der Waals surface area contributed by atoms with Crippen LogP contribution in [0.4, 0.5) is 4.39 Å². The molecule has 2 rings (SSSR count). The molecule has 0 aliphatic heterocycles. The summed E-state index contributed by atoms with van der Waals surface area (Å²) in [7, 11) is 0. The van der Waals surface area contributed by atoms with Crippen LogP contribution in [0.1, 0.15) is 10.4 Å². The van der Waals surface area contributed by atoms with E-state index in [4.69, 9.17) is 5.11 Å². The summed E-state index contributed by atoms with van der Waals surface area (Å²) < 4.78 is 13.4. The first-order valence-corrected chi connectivity index (χ1v) is 4.63. The lowest BCUT2D eigenvalue weighted by atomic mass is 10.1. The van der Waals surface area contributed by atoms with Gasteiger partial charge < -0.3 is 5.11 Å². The van der Waals surface area contributed by atoms with Crippen LogP contribution < -0.4 is 0 Å². The number of hydrogen-bond acceptors (Lipinski definition) is 2. The van der Waals surface area contributed by atoms with Crippen LogP contribution in [-0.2, 0) is 0 Å². The number of aromatic carboxylic acids is 1. The van der Waals surface area contributed by atoms with Gasteiger partial charge in [0.25, 0.3) is 0 Å². The molecule has 3 nitrogen and oxygen atoms in total. The van der Waals surface area contributed by atoms with E-state index in [0.29, 0.717) is 5.56 Å². The highest BCUT2D eigenvalue weighted by Gasteiger charge is 2.10. The van der Waals surface area contributed by atoms with Gasteiger partial charge >= 0.3 is 5.97 Å². The summed E-state index contributed by atoms with van der Waals surface area (Å²) >= 11 is 0. The molecule has 1 N–H and O–H groups in total. The van der Waals surface area contributed by atoms with Crippen molar-refractivity contribution in [2.24, 2.45) is 0 Å². The molecule has 1 heterocycles. The zero-order valence-electron chi connectivity index (χ0n) is 8.22. The number of nitrogens with zero attached hydrogens (tertiary/aromatic N) is 1. The first-order valence-electron chi connectivity index (χ1n) is 4.63. The average molecular weight is 217 g/mol. The number of benzene rings is 1. The Labute approximate surface area is 91.2 Å². The molecular weight excluding hydrogens is 209 g/mol. The Bertz CT molecular complexity index is 526. The number of rotatable bonds is 2. The number of carbonyl (C=O) groups is 1. The van der Waals surface area contributed by atoms with Gasteiger partial charge in [-0.2, -0.15) is 4.39 Å². The van der Waals surface area contributed by atoms with Gasteiger partial charge in [-0.1, -0.05) is 30.3 Å². The highest BCUT2D eigenvalue weighted by Crippen LogP contribution is 2.22. The van der Waals surface area contributed by atoms with Crippen molar-refractivity contribution in [3.05, 3.63) is 54.1 Å². The zero-order chi connectivity index (χ0) is 11.5. The van der Waals surface area contributed by atoms with Gasteiger partial charge in [-0.15, -0.1) is 0 Å². The molecule has 1 aromatic heterocycles. The minimum Gasteiger partial charge on any atom is -0.478 e. The number of pyridine rings is 1. The molecule has 4 heteroatoms. The zero-order valence-corrected chi connectivity index (χ0v) is 8.22. The summed E-state index contributed by atoms with van der Waals surface area (Å²) in [6.07, 6.45) is 1.00. The molecule has 1 aromatic carbocycles. The normalized spacial score (nSPS) is 10.1. The second-order valence-electron chi connectivity index (χ2n) is 3.23. The highest BCUT2D eigenvalue weighted by atomic mass is 19.1. The number of carboxylic acid groups (broad SMARTS) is 1. The van der Waals surface area contributed by atoms with Crippen molar-refractivity contribution in [1.82, 2.24) is 4.98 Å². The summed E-state index contributed by atoms with van der Waals surface area (Å²) in [4.78, 5) is 14.2. The van der Waals surface area contributed by atoms with Crippen molar-refractivity contribution in [3.63, 3.8) is 0 Å². The minimum absolute atomic E-state index is 0.0275. The van der Waals surface area contributed by atoms with Crippen molar-refractivity contribution >= 4 is 5.97 Å². The molecule has 0 saturated heterocycles. The van der Waals surface area contributed by atoms with Crippen LogP contribution in [0.15, 0.2) is 42.6 Å². The Hall–Kier alpha value is -2.23. The second-order valence-corrected chi connectivity index (χ2v) is 3.23. The molecule has 0 amide bonds. The van der Waals surface area contributed by atoms with Crippen molar-refractivity contribution in [2.75, 3.05) is 0 Å². The Morgan fingerprint density at radius 1 is 1.25 bits per heavy atom. The molecule has 0 spiro atoms. The average Bonchev–Trinajstić information content (AvgIpc) is 2.30. The molecule has 0 aliphatic rings. The summed E-state index contributed by atoms with van der Waals surface area (Å²) in [6, 6.07) is 9.98. The maximum absolute atomic E-state index is 13.4. The fourth-order valence-electron chi connectivity index (χ4n) is 1.39. The summed E-state index contributed by atoms with van der Waals surface area (Å²) in [5.74, 6) is -1.79. The van der Waals surface area contributed by atoms with Crippen LogP contribution in [0, 0.1) is 5.95 Å². The molecule has 0 saturated carbocycles. The number of hydrogen-bond donors (Lipinski definition) is 1. The quantitative estimate of drug-likeness (QED) is 0.786. The number of aromatic nitrogens is 1. The Morgan fingerprint density at radius 3 is 2.56 bits per heavy atom. The van der Waals surface area contributed by atoms with E-state index in [2.05, 4.69) is 4.98 Å². The molecule has 0 bridgehead atoms. The van der Waals surface area contributed by atoms with Crippen LogP contribution in [0.2, 0.25) is 0 Å². The van der Waals surface area contributed by atoms with Crippen LogP contribution in [0.25, 0.3) is 11.1 Å². The number of carboxylic acids is 1. The molecule has 0 aliphatic carbocycles. The van der Waals surface area contributed by atoms with Gasteiger partial charge in [0.05, 0.1) is 5.56 Å². The molecule has 0 atom stereocenters. The molecule has 2 aromatic rings. The first kappa shape index (κ1) is 10.3. The van der Waals surface area contributed by atoms with Gasteiger partial charge in [0.2, 0.25) is 5.95 Å². The van der Waals surface area contributed by atoms with Gasteiger partial charge in [0.1, 0.15) is 0 Å². The first-order chi connectivity index (χ1) is 7.68. The molecule has 80 valence electrons. The highest BCUT2D eigenvalue weighted by molar-refractivity contribution is 5.88. The van der Waals surface area contributed by atoms with Gasteiger partial charge in [0.15, 0.2) is 0 Å². The third-order valence-corrected chi connectivity index (χ3v) is 2.17. The summed E-state index contributed by atoms with van der Waals surface area (Å²) in [6.45, 7) is 0. The number of halogens is 1. The van der Waals surface area contributed by atoms with Gasteiger partial charge in [-0.25, -0.2) is 9.78 Å². The van der Waals surface area contributed by atoms with Crippen LogP contribution in [0.3, 0.4) is 0 Å². The predicted molar refractivity (Wildman–Crippen MR) is 56.6 cm³/mol. The smallest absolute Gasteiger partial charge is 0.337 e. The maximum atomic E-state index is 13.4. The van der Waals surface area contributed by atoms with Gasteiger partial charge in [-0.3, -0.25) is 0 Å². The topological polar surface area (TPSA) is 50.2 Å². The van der Waals surface area contributed by atoms with Crippen molar-refractivity contribution in [3.8, 4) is 11.1 Å². The second kappa shape index (κ2) is 4.10. The van der Waals surface area contributed by atoms with Crippen LogP contribution in [-0.4, -0.2) is 16.1 Å². The standard InChI is InChI=1S/C12H8FNO2/c13-11-10(8-4-2-1-3-5-8)6-9(7-14-11)12(15)16/h1-7H,(H,15,16).